The molecule has 7 nitrogen and oxygen atoms in total. The average Bonchev–Trinajstić information content (AvgIpc) is 2.53. The van der Waals surface area contributed by atoms with Crippen LogP contribution in [0.2, 0.25) is 0 Å². The van der Waals surface area contributed by atoms with Crippen LogP contribution in [0.3, 0.4) is 0 Å². The zero-order valence-electron chi connectivity index (χ0n) is 12.8. The van der Waals surface area contributed by atoms with Gasteiger partial charge < -0.3 is 21.5 Å². The molecule has 5 N–H and O–H groups in total. The Labute approximate surface area is 138 Å². The van der Waals surface area contributed by atoms with Crippen LogP contribution in [0, 0.1) is 0 Å². The van der Waals surface area contributed by atoms with Crippen molar-refractivity contribution in [2.24, 2.45) is 5.73 Å². The fourth-order valence-electron chi connectivity index (χ4n) is 2.18. The molecule has 2 aromatic carbocycles. The Hall–Kier alpha value is -3.35. The van der Waals surface area contributed by atoms with E-state index in [9.17, 15) is 14.4 Å². The second-order valence-corrected chi connectivity index (χ2v) is 5.08. The van der Waals surface area contributed by atoms with Crippen LogP contribution in [-0.2, 0) is 11.2 Å². The summed E-state index contributed by atoms with van der Waals surface area (Å²) < 4.78 is 0. The summed E-state index contributed by atoms with van der Waals surface area (Å²) in [5, 5.41) is 14.0. The number of amides is 3. The van der Waals surface area contributed by atoms with Crippen molar-refractivity contribution in [2.75, 3.05) is 10.6 Å². The number of carboxylic acids is 1. The third-order valence-corrected chi connectivity index (χ3v) is 3.27. The number of carbonyl (C=O) groups excluding carboxylic acids is 2. The SMILES string of the molecule is NC(=O)Nc1cccc(C(=O)Nc2ccccc2CCC(=O)O)c1. The lowest BCUT2D eigenvalue weighted by Crippen LogP contribution is -2.20. The number of benzene rings is 2. The summed E-state index contributed by atoms with van der Waals surface area (Å²) in [6.45, 7) is 0. The number of urea groups is 1. The number of rotatable bonds is 6. The van der Waals surface area contributed by atoms with E-state index < -0.39 is 12.0 Å². The summed E-state index contributed by atoms with van der Waals surface area (Å²) in [5.41, 5.74) is 7.10. The number of carboxylic acid groups (broad SMARTS) is 1. The maximum atomic E-state index is 12.4. The molecule has 0 bridgehead atoms. The molecule has 0 aliphatic rings. The number of primary amides is 1. The van der Waals surface area contributed by atoms with E-state index in [1.807, 2.05) is 0 Å². The van der Waals surface area contributed by atoms with Gasteiger partial charge in [0.05, 0.1) is 0 Å². The Bertz CT molecular complexity index is 774. The predicted octanol–water partition coefficient (Wildman–Crippen LogP) is 2.45. The number of aliphatic carboxylic acids is 1. The molecule has 0 aliphatic heterocycles. The van der Waals surface area contributed by atoms with Crippen molar-refractivity contribution in [2.45, 2.75) is 12.8 Å². The van der Waals surface area contributed by atoms with Crippen LogP contribution in [0.1, 0.15) is 22.3 Å². The maximum Gasteiger partial charge on any atom is 0.316 e. The van der Waals surface area contributed by atoms with Gasteiger partial charge >= 0.3 is 12.0 Å². The quantitative estimate of drug-likeness (QED) is 0.651. The smallest absolute Gasteiger partial charge is 0.316 e. The van der Waals surface area contributed by atoms with Crippen LogP contribution in [0.5, 0.6) is 0 Å². The monoisotopic (exact) mass is 327 g/mol. The van der Waals surface area contributed by atoms with Gasteiger partial charge in [0.2, 0.25) is 0 Å². The largest absolute Gasteiger partial charge is 0.481 e. The molecule has 0 aromatic heterocycles. The summed E-state index contributed by atoms with van der Waals surface area (Å²) >= 11 is 0. The lowest BCUT2D eigenvalue weighted by atomic mass is 10.1. The summed E-state index contributed by atoms with van der Waals surface area (Å²) in [6.07, 6.45) is 0.292. The van der Waals surface area contributed by atoms with Crippen molar-refractivity contribution < 1.29 is 19.5 Å². The van der Waals surface area contributed by atoms with E-state index in [4.69, 9.17) is 10.8 Å². The topological polar surface area (TPSA) is 122 Å². The second-order valence-electron chi connectivity index (χ2n) is 5.08. The molecule has 0 saturated carbocycles. The second kappa shape index (κ2) is 7.77. The van der Waals surface area contributed by atoms with Gasteiger partial charge in [-0.2, -0.15) is 0 Å². The van der Waals surface area contributed by atoms with Crippen molar-refractivity contribution in [1.82, 2.24) is 0 Å². The number of hydrogen-bond donors (Lipinski definition) is 4. The molecule has 0 fully saturated rings. The lowest BCUT2D eigenvalue weighted by molar-refractivity contribution is -0.136. The number of carbonyl (C=O) groups is 3. The van der Waals surface area contributed by atoms with E-state index in [2.05, 4.69) is 10.6 Å². The number of nitrogens with one attached hydrogen (secondary N) is 2. The first kappa shape index (κ1) is 17.0. The normalized spacial score (nSPS) is 10.0. The van der Waals surface area contributed by atoms with Crippen molar-refractivity contribution in [3.63, 3.8) is 0 Å². The van der Waals surface area contributed by atoms with Crippen LogP contribution in [0.25, 0.3) is 0 Å². The predicted molar refractivity (Wildman–Crippen MR) is 90.0 cm³/mol. The van der Waals surface area contributed by atoms with Crippen LogP contribution < -0.4 is 16.4 Å². The standard InChI is InChI=1S/C17H17N3O4/c18-17(24)19-13-6-3-5-12(10-13)16(23)20-14-7-2-1-4-11(14)8-9-15(21)22/h1-7,10H,8-9H2,(H,20,23)(H,21,22)(H3,18,19,24). The molecule has 24 heavy (non-hydrogen) atoms. The summed E-state index contributed by atoms with van der Waals surface area (Å²) in [7, 11) is 0. The molecule has 124 valence electrons. The molecule has 0 atom stereocenters. The lowest BCUT2D eigenvalue weighted by Gasteiger charge is -2.11. The average molecular weight is 327 g/mol. The minimum Gasteiger partial charge on any atom is -0.481 e. The minimum absolute atomic E-state index is 0.0229. The third-order valence-electron chi connectivity index (χ3n) is 3.27. The van der Waals surface area contributed by atoms with Crippen LogP contribution in [0.4, 0.5) is 16.2 Å². The number of anilines is 2. The van der Waals surface area contributed by atoms with Gasteiger partial charge in [0.1, 0.15) is 0 Å². The van der Waals surface area contributed by atoms with Crippen LogP contribution in [-0.4, -0.2) is 23.0 Å². The highest BCUT2D eigenvalue weighted by Gasteiger charge is 2.11. The summed E-state index contributed by atoms with van der Waals surface area (Å²) in [5.74, 6) is -1.27. The first-order valence-corrected chi connectivity index (χ1v) is 7.23. The number of aryl methyl sites for hydroxylation is 1. The van der Waals surface area contributed by atoms with Gasteiger partial charge in [-0.1, -0.05) is 24.3 Å². The van der Waals surface area contributed by atoms with E-state index in [0.717, 1.165) is 5.56 Å². The molecule has 2 aromatic rings. The zero-order valence-corrected chi connectivity index (χ0v) is 12.8. The van der Waals surface area contributed by atoms with E-state index >= 15 is 0 Å². The van der Waals surface area contributed by atoms with Gasteiger partial charge in [-0.25, -0.2) is 4.79 Å². The van der Waals surface area contributed by atoms with Crippen molar-refractivity contribution in [3.8, 4) is 0 Å². The summed E-state index contributed by atoms with van der Waals surface area (Å²) in [4.78, 5) is 34.0. The van der Waals surface area contributed by atoms with Gasteiger partial charge in [-0.05, 0) is 36.2 Å². The van der Waals surface area contributed by atoms with Crippen molar-refractivity contribution in [1.29, 1.82) is 0 Å². The highest BCUT2D eigenvalue weighted by Crippen LogP contribution is 2.19. The minimum atomic E-state index is -0.902. The van der Waals surface area contributed by atoms with Crippen molar-refractivity contribution >= 4 is 29.3 Å². The van der Waals surface area contributed by atoms with Gasteiger partial charge in [0.15, 0.2) is 0 Å². The molecule has 0 saturated heterocycles. The fraction of sp³-hybridized carbons (Fsp3) is 0.118. The Morgan fingerprint density at radius 2 is 1.75 bits per heavy atom. The number of hydrogen-bond acceptors (Lipinski definition) is 3. The van der Waals surface area contributed by atoms with Gasteiger partial charge in [0, 0.05) is 23.4 Å². The first-order valence-electron chi connectivity index (χ1n) is 7.23. The Kier molecular flexibility index (Phi) is 5.51. The molecule has 0 spiro atoms. The number of para-hydroxylation sites is 1. The van der Waals surface area contributed by atoms with Crippen molar-refractivity contribution in [3.05, 3.63) is 59.7 Å². The molecule has 0 unspecified atom stereocenters. The molecule has 0 radical (unpaired) electrons. The van der Waals surface area contributed by atoms with Gasteiger partial charge in [-0.15, -0.1) is 0 Å². The molecule has 2 rings (SSSR count). The maximum absolute atomic E-state index is 12.4. The van der Waals surface area contributed by atoms with E-state index in [1.54, 1.807) is 42.5 Å². The Morgan fingerprint density at radius 3 is 2.46 bits per heavy atom. The third kappa shape index (κ3) is 4.84. The van der Waals surface area contributed by atoms with Crippen LogP contribution in [0.15, 0.2) is 48.5 Å². The van der Waals surface area contributed by atoms with E-state index in [-0.39, 0.29) is 12.3 Å². The Morgan fingerprint density at radius 1 is 1.00 bits per heavy atom. The molecule has 0 heterocycles. The van der Waals surface area contributed by atoms with Gasteiger partial charge in [0.25, 0.3) is 5.91 Å². The van der Waals surface area contributed by atoms with E-state index in [1.165, 1.54) is 6.07 Å². The fourth-order valence-corrected chi connectivity index (χ4v) is 2.18. The number of nitrogens with two attached hydrogens (primary N) is 1. The highest BCUT2D eigenvalue weighted by molar-refractivity contribution is 6.05. The molecule has 0 aliphatic carbocycles. The van der Waals surface area contributed by atoms with Gasteiger partial charge in [-0.3, -0.25) is 9.59 Å². The Balaban J connectivity index is 2.15. The molecule has 7 heteroatoms. The first-order chi connectivity index (χ1) is 11.5. The molecule has 3 amide bonds. The van der Waals surface area contributed by atoms with E-state index in [0.29, 0.717) is 23.4 Å². The zero-order chi connectivity index (χ0) is 17.5. The summed E-state index contributed by atoms with van der Waals surface area (Å²) in [6, 6.07) is 12.6. The molecular weight excluding hydrogens is 310 g/mol. The highest BCUT2D eigenvalue weighted by atomic mass is 16.4. The molecular formula is C17H17N3O4. The van der Waals surface area contributed by atoms with Crippen LogP contribution >= 0.6 is 0 Å².